The maximum Gasteiger partial charge on any atom is 0.248 e. The molecular formula is C21H27N3O. The van der Waals surface area contributed by atoms with Crippen molar-refractivity contribution in [3.05, 3.63) is 60.2 Å². The van der Waals surface area contributed by atoms with Crippen LogP contribution >= 0.6 is 0 Å². The summed E-state index contributed by atoms with van der Waals surface area (Å²) in [6, 6.07) is 16.0. The zero-order valence-electron chi connectivity index (χ0n) is 15.5. The summed E-state index contributed by atoms with van der Waals surface area (Å²) >= 11 is 0. The van der Waals surface area contributed by atoms with Crippen molar-refractivity contribution in [2.75, 3.05) is 42.3 Å². The Balaban J connectivity index is 1.95. The van der Waals surface area contributed by atoms with Crippen molar-refractivity contribution < 1.29 is 4.79 Å². The average Bonchev–Trinajstić information content (AvgIpc) is 2.63. The number of anilines is 3. The summed E-state index contributed by atoms with van der Waals surface area (Å²) in [5.74, 6) is -0.132. The van der Waals surface area contributed by atoms with E-state index in [0.717, 1.165) is 30.0 Å². The lowest BCUT2D eigenvalue weighted by atomic mass is 10.2. The molecule has 0 fully saturated rings. The Kier molecular flexibility index (Phi) is 6.63. The molecule has 0 saturated carbocycles. The van der Waals surface area contributed by atoms with Gasteiger partial charge in [-0.05, 0) is 61.9 Å². The molecule has 0 aromatic heterocycles. The molecule has 0 aliphatic carbocycles. The van der Waals surface area contributed by atoms with Gasteiger partial charge >= 0.3 is 0 Å². The predicted octanol–water partition coefficient (Wildman–Crippen LogP) is 4.25. The first-order chi connectivity index (χ1) is 12.0. The number of nitrogens with one attached hydrogen (secondary N) is 1. The molecule has 0 saturated heterocycles. The van der Waals surface area contributed by atoms with Crippen LogP contribution in [0.1, 0.15) is 19.4 Å². The zero-order chi connectivity index (χ0) is 18.2. The van der Waals surface area contributed by atoms with E-state index in [0.29, 0.717) is 0 Å². The van der Waals surface area contributed by atoms with E-state index in [1.165, 1.54) is 5.69 Å². The van der Waals surface area contributed by atoms with E-state index in [9.17, 15) is 4.79 Å². The largest absolute Gasteiger partial charge is 0.378 e. The third kappa shape index (κ3) is 5.38. The van der Waals surface area contributed by atoms with Crippen LogP contribution in [0.2, 0.25) is 0 Å². The van der Waals surface area contributed by atoms with Crippen LogP contribution in [-0.4, -0.2) is 33.1 Å². The highest BCUT2D eigenvalue weighted by Crippen LogP contribution is 2.18. The number of carbonyl (C=O) groups is 1. The molecule has 1 N–H and O–H groups in total. The lowest BCUT2D eigenvalue weighted by Crippen LogP contribution is -2.21. The summed E-state index contributed by atoms with van der Waals surface area (Å²) < 4.78 is 0. The van der Waals surface area contributed by atoms with Gasteiger partial charge in [0.05, 0.1) is 0 Å². The monoisotopic (exact) mass is 337 g/mol. The third-order valence-corrected chi connectivity index (χ3v) is 4.10. The van der Waals surface area contributed by atoms with Gasteiger partial charge in [0.1, 0.15) is 0 Å². The molecule has 0 radical (unpaired) electrons. The Bertz CT molecular complexity index is 699. The van der Waals surface area contributed by atoms with E-state index in [-0.39, 0.29) is 5.91 Å². The smallest absolute Gasteiger partial charge is 0.248 e. The molecule has 4 nitrogen and oxygen atoms in total. The second-order valence-corrected chi connectivity index (χ2v) is 6.03. The number of nitrogens with zero attached hydrogens (tertiary/aromatic N) is 2. The fraction of sp³-hybridized carbons (Fsp3) is 0.286. The molecule has 2 rings (SSSR count). The quantitative estimate of drug-likeness (QED) is 0.767. The molecule has 0 unspecified atom stereocenters. The summed E-state index contributed by atoms with van der Waals surface area (Å²) in [5.41, 5.74) is 4.10. The fourth-order valence-electron chi connectivity index (χ4n) is 2.58. The van der Waals surface area contributed by atoms with E-state index in [1.54, 1.807) is 6.08 Å². The molecule has 132 valence electrons. The van der Waals surface area contributed by atoms with Crippen molar-refractivity contribution in [1.82, 2.24) is 0 Å². The van der Waals surface area contributed by atoms with Gasteiger partial charge in [0.25, 0.3) is 0 Å². The molecule has 0 atom stereocenters. The number of carbonyl (C=O) groups excluding carboxylic acids is 1. The Morgan fingerprint density at radius 3 is 2.00 bits per heavy atom. The summed E-state index contributed by atoms with van der Waals surface area (Å²) in [6.07, 6.45) is 3.38. The van der Waals surface area contributed by atoms with Crippen molar-refractivity contribution in [2.24, 2.45) is 0 Å². The standard InChI is InChI=1S/C21H27N3O/c1-5-24(6-2)20-14-10-18(11-15-20)22-21(25)16-9-17-7-12-19(13-8-17)23(3)4/h7-16H,5-6H2,1-4H3,(H,22,25)/b16-9-. The van der Waals surface area contributed by atoms with Gasteiger partial charge < -0.3 is 15.1 Å². The van der Waals surface area contributed by atoms with Gasteiger partial charge in [-0.1, -0.05) is 12.1 Å². The minimum absolute atomic E-state index is 0.132. The number of amides is 1. The SMILES string of the molecule is CCN(CC)c1ccc(NC(=O)/C=C\c2ccc(N(C)C)cc2)cc1. The van der Waals surface area contributed by atoms with Gasteiger partial charge in [-0.15, -0.1) is 0 Å². The highest BCUT2D eigenvalue weighted by molar-refractivity contribution is 6.02. The van der Waals surface area contributed by atoms with Crippen molar-refractivity contribution in [3.63, 3.8) is 0 Å². The van der Waals surface area contributed by atoms with Gasteiger partial charge in [0.15, 0.2) is 0 Å². The molecule has 0 aliphatic heterocycles. The highest BCUT2D eigenvalue weighted by Gasteiger charge is 2.03. The molecule has 2 aromatic carbocycles. The summed E-state index contributed by atoms with van der Waals surface area (Å²) in [5, 5.41) is 2.89. The van der Waals surface area contributed by atoms with Gasteiger partial charge in [-0.25, -0.2) is 0 Å². The third-order valence-electron chi connectivity index (χ3n) is 4.10. The molecular weight excluding hydrogens is 310 g/mol. The Hall–Kier alpha value is -2.75. The van der Waals surface area contributed by atoms with Gasteiger partial charge in [-0.3, -0.25) is 4.79 Å². The minimum Gasteiger partial charge on any atom is -0.378 e. The average molecular weight is 337 g/mol. The van der Waals surface area contributed by atoms with Gasteiger partial charge in [0.2, 0.25) is 5.91 Å². The van der Waals surface area contributed by atoms with Crippen molar-refractivity contribution in [3.8, 4) is 0 Å². The lowest BCUT2D eigenvalue weighted by molar-refractivity contribution is -0.111. The van der Waals surface area contributed by atoms with E-state index >= 15 is 0 Å². The van der Waals surface area contributed by atoms with Crippen LogP contribution in [0.3, 0.4) is 0 Å². The van der Waals surface area contributed by atoms with Crippen LogP contribution in [-0.2, 0) is 4.79 Å². The van der Waals surface area contributed by atoms with Crippen molar-refractivity contribution >= 4 is 29.0 Å². The highest BCUT2D eigenvalue weighted by atomic mass is 16.1. The van der Waals surface area contributed by atoms with E-state index < -0.39 is 0 Å². The Morgan fingerprint density at radius 1 is 0.920 bits per heavy atom. The number of hydrogen-bond acceptors (Lipinski definition) is 3. The maximum absolute atomic E-state index is 12.1. The van der Waals surface area contributed by atoms with Crippen LogP contribution in [0.25, 0.3) is 6.08 Å². The molecule has 0 spiro atoms. The first-order valence-corrected chi connectivity index (χ1v) is 8.65. The normalized spacial score (nSPS) is 10.7. The predicted molar refractivity (Wildman–Crippen MR) is 108 cm³/mol. The molecule has 4 heteroatoms. The second kappa shape index (κ2) is 8.92. The molecule has 0 heterocycles. The van der Waals surface area contributed by atoms with E-state index in [4.69, 9.17) is 0 Å². The van der Waals surface area contributed by atoms with Crippen LogP contribution in [0.15, 0.2) is 54.6 Å². The maximum atomic E-state index is 12.1. The molecule has 2 aromatic rings. The zero-order valence-corrected chi connectivity index (χ0v) is 15.5. The van der Waals surface area contributed by atoms with Crippen LogP contribution in [0.4, 0.5) is 17.1 Å². The Morgan fingerprint density at radius 2 is 1.48 bits per heavy atom. The number of rotatable bonds is 7. The van der Waals surface area contributed by atoms with Crippen LogP contribution in [0, 0.1) is 0 Å². The molecule has 0 bridgehead atoms. The first kappa shape index (κ1) is 18.6. The first-order valence-electron chi connectivity index (χ1n) is 8.65. The van der Waals surface area contributed by atoms with Crippen molar-refractivity contribution in [1.29, 1.82) is 0 Å². The summed E-state index contributed by atoms with van der Waals surface area (Å²) in [4.78, 5) is 16.4. The van der Waals surface area contributed by atoms with Crippen LogP contribution < -0.4 is 15.1 Å². The van der Waals surface area contributed by atoms with Crippen molar-refractivity contribution in [2.45, 2.75) is 13.8 Å². The number of hydrogen-bond donors (Lipinski definition) is 1. The molecule has 0 aliphatic rings. The summed E-state index contributed by atoms with van der Waals surface area (Å²) in [6.45, 7) is 6.21. The van der Waals surface area contributed by atoms with Gasteiger partial charge in [-0.2, -0.15) is 0 Å². The molecule has 1 amide bonds. The summed E-state index contributed by atoms with van der Waals surface area (Å²) in [7, 11) is 4.01. The lowest BCUT2D eigenvalue weighted by Gasteiger charge is -2.21. The van der Waals surface area contributed by atoms with Gasteiger partial charge in [0, 0.05) is 50.3 Å². The van der Waals surface area contributed by atoms with E-state index in [2.05, 4.69) is 24.1 Å². The second-order valence-electron chi connectivity index (χ2n) is 6.03. The minimum atomic E-state index is -0.132. The van der Waals surface area contributed by atoms with E-state index in [1.807, 2.05) is 73.6 Å². The Labute approximate surface area is 150 Å². The van der Waals surface area contributed by atoms with Crippen LogP contribution in [0.5, 0.6) is 0 Å². The topological polar surface area (TPSA) is 35.6 Å². The molecule has 25 heavy (non-hydrogen) atoms. The number of benzene rings is 2. The fourth-order valence-corrected chi connectivity index (χ4v) is 2.58.